The van der Waals surface area contributed by atoms with Gasteiger partial charge in [-0.3, -0.25) is 0 Å². The molecular formula is C10H15NO4. The van der Waals surface area contributed by atoms with Crippen LogP contribution >= 0.6 is 0 Å². The van der Waals surface area contributed by atoms with E-state index >= 15 is 0 Å². The lowest BCUT2D eigenvalue weighted by Gasteiger charge is -2.23. The number of rotatable bonds is 5. The van der Waals surface area contributed by atoms with Crippen LogP contribution in [0.1, 0.15) is 0 Å². The summed E-state index contributed by atoms with van der Waals surface area (Å²) in [5, 5.41) is 36.0. The molecule has 1 rings (SSSR count). The van der Waals surface area contributed by atoms with Gasteiger partial charge >= 0.3 is 0 Å². The van der Waals surface area contributed by atoms with E-state index in [4.69, 9.17) is 15.3 Å². The summed E-state index contributed by atoms with van der Waals surface area (Å²) in [6, 6.07) is 4.37. The van der Waals surface area contributed by atoms with Gasteiger partial charge in [-0.25, -0.2) is 0 Å². The average molecular weight is 213 g/mol. The Kier molecular flexibility index (Phi) is 4.20. The molecular weight excluding hydrogens is 198 g/mol. The van der Waals surface area contributed by atoms with Gasteiger partial charge in [-0.1, -0.05) is 0 Å². The number of nitrogens with zero attached hydrogens (tertiary/aromatic N) is 1. The maximum Gasteiger partial charge on any atom is 0.159 e. The molecule has 0 aliphatic heterocycles. The number of hydrogen-bond acceptors (Lipinski definition) is 5. The zero-order chi connectivity index (χ0) is 11.3. The van der Waals surface area contributed by atoms with Gasteiger partial charge in [0.2, 0.25) is 0 Å². The number of aliphatic hydroxyl groups is 2. The van der Waals surface area contributed by atoms with Crippen LogP contribution in [0.4, 0.5) is 5.69 Å². The largest absolute Gasteiger partial charge is 0.504 e. The number of phenolic OH excluding ortho intramolecular Hbond substituents is 2. The minimum absolute atomic E-state index is 0.0400. The molecule has 0 aliphatic rings. The fourth-order valence-electron chi connectivity index (χ4n) is 1.32. The fraction of sp³-hybridized carbons (Fsp3) is 0.400. The Morgan fingerprint density at radius 3 is 2.00 bits per heavy atom. The molecule has 0 aromatic heterocycles. The molecule has 0 saturated heterocycles. The third-order valence-electron chi connectivity index (χ3n) is 2.06. The zero-order valence-electron chi connectivity index (χ0n) is 8.30. The summed E-state index contributed by atoms with van der Waals surface area (Å²) in [6.07, 6.45) is 0. The van der Waals surface area contributed by atoms with Crippen molar-refractivity contribution in [3.63, 3.8) is 0 Å². The highest BCUT2D eigenvalue weighted by Gasteiger charge is 2.07. The normalized spacial score (nSPS) is 10.3. The smallest absolute Gasteiger partial charge is 0.159 e. The molecule has 15 heavy (non-hydrogen) atoms. The van der Waals surface area contributed by atoms with Crippen LogP contribution in [0.25, 0.3) is 0 Å². The zero-order valence-corrected chi connectivity index (χ0v) is 8.30. The first-order valence-electron chi connectivity index (χ1n) is 4.67. The molecule has 84 valence electrons. The maximum atomic E-state index is 9.28. The highest BCUT2D eigenvalue weighted by molar-refractivity contribution is 5.55. The van der Waals surface area contributed by atoms with Crippen LogP contribution in [0.2, 0.25) is 0 Å². The lowest BCUT2D eigenvalue weighted by molar-refractivity contribution is 0.281. The SMILES string of the molecule is OCCN(CCO)c1ccc(O)c(O)c1. The molecule has 1 aromatic rings. The van der Waals surface area contributed by atoms with E-state index in [1.807, 2.05) is 0 Å². The number of hydrogen-bond donors (Lipinski definition) is 4. The first-order chi connectivity index (χ1) is 7.19. The van der Waals surface area contributed by atoms with E-state index in [1.165, 1.54) is 12.1 Å². The number of anilines is 1. The Morgan fingerprint density at radius 2 is 1.53 bits per heavy atom. The third-order valence-corrected chi connectivity index (χ3v) is 2.06. The van der Waals surface area contributed by atoms with Gasteiger partial charge in [0.05, 0.1) is 13.2 Å². The maximum absolute atomic E-state index is 9.28. The summed E-state index contributed by atoms with van der Waals surface area (Å²) in [7, 11) is 0. The lowest BCUT2D eigenvalue weighted by atomic mass is 10.2. The summed E-state index contributed by atoms with van der Waals surface area (Å²) >= 11 is 0. The molecule has 0 radical (unpaired) electrons. The van der Waals surface area contributed by atoms with E-state index in [2.05, 4.69) is 0 Å². The van der Waals surface area contributed by atoms with Gasteiger partial charge < -0.3 is 25.3 Å². The van der Waals surface area contributed by atoms with Crippen LogP contribution in [0.5, 0.6) is 11.5 Å². The molecule has 0 saturated carbocycles. The van der Waals surface area contributed by atoms with Crippen molar-refractivity contribution in [3.05, 3.63) is 18.2 Å². The van der Waals surface area contributed by atoms with E-state index < -0.39 is 0 Å². The van der Waals surface area contributed by atoms with Crippen molar-refractivity contribution < 1.29 is 20.4 Å². The molecule has 4 N–H and O–H groups in total. The van der Waals surface area contributed by atoms with Crippen LogP contribution in [0.15, 0.2) is 18.2 Å². The van der Waals surface area contributed by atoms with E-state index in [0.29, 0.717) is 18.8 Å². The van der Waals surface area contributed by atoms with Crippen molar-refractivity contribution >= 4 is 5.69 Å². The molecule has 5 heteroatoms. The first kappa shape index (κ1) is 11.6. The third kappa shape index (κ3) is 3.00. The predicted octanol–water partition coefficient (Wildman–Crippen LogP) is -0.111. The summed E-state index contributed by atoms with van der Waals surface area (Å²) in [5.74, 6) is -0.403. The molecule has 0 bridgehead atoms. The second-order valence-corrected chi connectivity index (χ2v) is 3.11. The van der Waals surface area contributed by atoms with Crippen LogP contribution in [0.3, 0.4) is 0 Å². The predicted molar refractivity (Wildman–Crippen MR) is 56.2 cm³/mol. The van der Waals surface area contributed by atoms with Crippen LogP contribution in [-0.2, 0) is 0 Å². The second kappa shape index (κ2) is 5.43. The van der Waals surface area contributed by atoms with Gasteiger partial charge in [-0.15, -0.1) is 0 Å². The Bertz CT molecular complexity index is 310. The highest BCUT2D eigenvalue weighted by Crippen LogP contribution is 2.29. The Labute approximate surface area is 87.8 Å². The standard InChI is InChI=1S/C10H15NO4/c12-5-3-11(4-6-13)8-1-2-9(14)10(15)7-8/h1-2,7,12-15H,3-6H2. The summed E-state index contributed by atoms with van der Waals surface area (Å²) in [4.78, 5) is 1.71. The van der Waals surface area contributed by atoms with Crippen molar-refractivity contribution in [1.82, 2.24) is 0 Å². The van der Waals surface area contributed by atoms with Crippen LogP contribution in [0, 0.1) is 0 Å². The van der Waals surface area contributed by atoms with E-state index in [-0.39, 0.29) is 24.7 Å². The molecule has 0 fully saturated rings. The fourth-order valence-corrected chi connectivity index (χ4v) is 1.32. The topological polar surface area (TPSA) is 84.2 Å². The van der Waals surface area contributed by atoms with Crippen LogP contribution < -0.4 is 4.90 Å². The van der Waals surface area contributed by atoms with Crippen LogP contribution in [-0.4, -0.2) is 46.7 Å². The summed E-state index contributed by atoms with van der Waals surface area (Å²) < 4.78 is 0. The van der Waals surface area contributed by atoms with E-state index in [1.54, 1.807) is 11.0 Å². The van der Waals surface area contributed by atoms with Gasteiger partial charge in [0, 0.05) is 24.8 Å². The molecule has 1 aromatic carbocycles. The monoisotopic (exact) mass is 213 g/mol. The van der Waals surface area contributed by atoms with Crippen molar-refractivity contribution in [1.29, 1.82) is 0 Å². The Morgan fingerprint density at radius 1 is 0.933 bits per heavy atom. The minimum Gasteiger partial charge on any atom is -0.504 e. The lowest BCUT2D eigenvalue weighted by Crippen LogP contribution is -2.29. The van der Waals surface area contributed by atoms with Crippen molar-refractivity contribution in [2.45, 2.75) is 0 Å². The average Bonchev–Trinajstić information content (AvgIpc) is 2.22. The van der Waals surface area contributed by atoms with Gasteiger partial charge in [-0.2, -0.15) is 0 Å². The quantitative estimate of drug-likeness (QED) is 0.513. The number of aromatic hydroxyl groups is 2. The number of benzene rings is 1. The van der Waals surface area contributed by atoms with Crippen molar-refractivity contribution in [2.24, 2.45) is 0 Å². The molecule has 0 unspecified atom stereocenters. The summed E-state index contributed by atoms with van der Waals surface area (Å²) in [6.45, 7) is 0.652. The Hall–Kier alpha value is -1.46. The number of phenols is 2. The molecule has 0 aliphatic carbocycles. The second-order valence-electron chi connectivity index (χ2n) is 3.11. The summed E-state index contributed by atoms with van der Waals surface area (Å²) in [5.41, 5.74) is 0.647. The molecule has 0 amide bonds. The van der Waals surface area contributed by atoms with E-state index in [9.17, 15) is 5.11 Å². The van der Waals surface area contributed by atoms with Gasteiger partial charge in [0.25, 0.3) is 0 Å². The molecule has 0 heterocycles. The number of aliphatic hydroxyl groups excluding tert-OH is 2. The Balaban J connectivity index is 2.85. The highest BCUT2D eigenvalue weighted by atomic mass is 16.3. The molecule has 5 nitrogen and oxygen atoms in total. The van der Waals surface area contributed by atoms with Gasteiger partial charge in [0.15, 0.2) is 11.5 Å². The van der Waals surface area contributed by atoms with Crippen molar-refractivity contribution in [2.75, 3.05) is 31.2 Å². The molecule has 0 atom stereocenters. The van der Waals surface area contributed by atoms with E-state index in [0.717, 1.165) is 0 Å². The molecule has 0 spiro atoms. The van der Waals surface area contributed by atoms with Gasteiger partial charge in [0.1, 0.15) is 0 Å². The first-order valence-corrected chi connectivity index (χ1v) is 4.67. The minimum atomic E-state index is -0.214. The van der Waals surface area contributed by atoms with Gasteiger partial charge in [-0.05, 0) is 12.1 Å². The van der Waals surface area contributed by atoms with Crippen molar-refractivity contribution in [3.8, 4) is 11.5 Å².